The van der Waals surface area contributed by atoms with E-state index in [1.807, 2.05) is 58.0 Å². The third-order valence-corrected chi connectivity index (χ3v) is 8.79. The van der Waals surface area contributed by atoms with Gasteiger partial charge in [-0.2, -0.15) is 0 Å². The number of halogens is 1. The number of sulfonamides is 1. The molecule has 0 heterocycles. The molecule has 4 aromatic carbocycles. The monoisotopic (exact) mass is 615 g/mol. The van der Waals surface area contributed by atoms with Gasteiger partial charge in [0.1, 0.15) is 18.4 Å². The number of anilines is 1. The molecule has 0 aliphatic carbocycles. The van der Waals surface area contributed by atoms with Gasteiger partial charge in [-0.05, 0) is 63.6 Å². The summed E-state index contributed by atoms with van der Waals surface area (Å²) < 4.78 is 44.1. The molecular formula is C35H38FN3O4S. The highest BCUT2D eigenvalue weighted by molar-refractivity contribution is 7.92. The van der Waals surface area contributed by atoms with Crippen LogP contribution >= 0.6 is 0 Å². The van der Waals surface area contributed by atoms with Gasteiger partial charge in [-0.15, -0.1) is 0 Å². The maximum atomic E-state index is 15.0. The summed E-state index contributed by atoms with van der Waals surface area (Å²) in [7, 11) is -4.20. The first-order valence-corrected chi connectivity index (χ1v) is 15.8. The molecule has 7 nitrogen and oxygen atoms in total. The first kappa shape index (κ1) is 32.4. The lowest BCUT2D eigenvalue weighted by Crippen LogP contribution is -2.56. The fourth-order valence-electron chi connectivity index (χ4n) is 4.78. The van der Waals surface area contributed by atoms with Crippen molar-refractivity contribution in [3.63, 3.8) is 0 Å². The van der Waals surface area contributed by atoms with E-state index in [0.717, 1.165) is 15.4 Å². The van der Waals surface area contributed by atoms with Crippen molar-refractivity contribution in [3.05, 3.63) is 132 Å². The first-order chi connectivity index (χ1) is 20.8. The number of hydrogen-bond donors (Lipinski definition) is 1. The average Bonchev–Trinajstić information content (AvgIpc) is 2.98. The van der Waals surface area contributed by atoms with E-state index >= 15 is 4.39 Å². The van der Waals surface area contributed by atoms with Gasteiger partial charge in [-0.3, -0.25) is 13.9 Å². The Hall–Kier alpha value is -4.50. The van der Waals surface area contributed by atoms with Gasteiger partial charge in [0.15, 0.2) is 0 Å². The molecule has 230 valence electrons. The van der Waals surface area contributed by atoms with Gasteiger partial charge in [0.2, 0.25) is 11.8 Å². The van der Waals surface area contributed by atoms with Crippen LogP contribution in [-0.2, 0) is 32.6 Å². The van der Waals surface area contributed by atoms with E-state index in [1.165, 1.54) is 23.1 Å². The fraction of sp³-hybridized carbons (Fsp3) is 0.257. The Morgan fingerprint density at radius 2 is 1.39 bits per heavy atom. The Morgan fingerprint density at radius 1 is 0.818 bits per heavy atom. The van der Waals surface area contributed by atoms with Crippen LogP contribution in [0.15, 0.2) is 114 Å². The second kappa shape index (κ2) is 13.9. The molecule has 0 saturated carbocycles. The van der Waals surface area contributed by atoms with Crippen molar-refractivity contribution in [1.29, 1.82) is 0 Å². The van der Waals surface area contributed by atoms with Crippen molar-refractivity contribution in [1.82, 2.24) is 10.2 Å². The van der Waals surface area contributed by atoms with Crippen molar-refractivity contribution in [2.75, 3.05) is 10.8 Å². The molecule has 4 rings (SSSR count). The van der Waals surface area contributed by atoms with Gasteiger partial charge < -0.3 is 10.2 Å². The van der Waals surface area contributed by atoms with E-state index in [2.05, 4.69) is 5.32 Å². The lowest BCUT2D eigenvalue weighted by atomic mass is 10.0. The maximum absolute atomic E-state index is 15.0. The van der Waals surface area contributed by atoms with E-state index in [9.17, 15) is 18.0 Å². The van der Waals surface area contributed by atoms with Crippen LogP contribution in [0, 0.1) is 12.7 Å². The minimum atomic E-state index is -4.20. The molecule has 9 heteroatoms. The second-order valence-corrected chi connectivity index (χ2v) is 13.6. The van der Waals surface area contributed by atoms with Gasteiger partial charge in [0.25, 0.3) is 10.0 Å². The number of nitrogens with zero attached hydrogens (tertiary/aromatic N) is 2. The summed E-state index contributed by atoms with van der Waals surface area (Å²) in [5.74, 6) is -1.62. The number of nitrogens with one attached hydrogen (secondary N) is 1. The van der Waals surface area contributed by atoms with E-state index in [4.69, 9.17) is 0 Å². The highest BCUT2D eigenvalue weighted by Crippen LogP contribution is 2.25. The third-order valence-electron chi connectivity index (χ3n) is 7.00. The molecule has 0 aromatic heterocycles. The van der Waals surface area contributed by atoms with Crippen molar-refractivity contribution in [2.24, 2.45) is 0 Å². The lowest BCUT2D eigenvalue weighted by Gasteiger charge is -2.35. The molecule has 0 spiro atoms. The molecule has 1 atom stereocenters. The number of hydrogen-bond acceptors (Lipinski definition) is 4. The SMILES string of the molecule is Cc1ccc(S(=O)(=O)N(CC(=O)N(Cc2ccccc2F)C(Cc2ccccc2)C(=O)NC(C)(C)C)c2ccccc2)cc1. The maximum Gasteiger partial charge on any atom is 0.264 e. The van der Waals surface area contributed by atoms with Gasteiger partial charge >= 0.3 is 0 Å². The van der Waals surface area contributed by atoms with Crippen LogP contribution < -0.4 is 9.62 Å². The number of amides is 2. The highest BCUT2D eigenvalue weighted by atomic mass is 32.2. The Kier molecular flexibility index (Phi) is 10.2. The summed E-state index contributed by atoms with van der Waals surface area (Å²) in [6.07, 6.45) is 0.138. The number of carbonyl (C=O) groups is 2. The van der Waals surface area contributed by atoms with Crippen molar-refractivity contribution in [3.8, 4) is 0 Å². The van der Waals surface area contributed by atoms with Gasteiger partial charge in [0, 0.05) is 24.1 Å². The van der Waals surface area contributed by atoms with Crippen LogP contribution in [0.4, 0.5) is 10.1 Å². The van der Waals surface area contributed by atoms with E-state index < -0.39 is 45.8 Å². The van der Waals surface area contributed by atoms with Crippen molar-refractivity contribution < 1.29 is 22.4 Å². The van der Waals surface area contributed by atoms with E-state index in [-0.39, 0.29) is 29.1 Å². The summed E-state index contributed by atoms with van der Waals surface area (Å²) in [5, 5.41) is 2.96. The molecule has 0 aliphatic heterocycles. The first-order valence-electron chi connectivity index (χ1n) is 14.4. The van der Waals surface area contributed by atoms with Crippen LogP contribution in [0.5, 0.6) is 0 Å². The lowest BCUT2D eigenvalue weighted by molar-refractivity contribution is -0.140. The zero-order chi connectivity index (χ0) is 31.9. The summed E-state index contributed by atoms with van der Waals surface area (Å²) in [6.45, 7) is 6.50. The van der Waals surface area contributed by atoms with E-state index in [0.29, 0.717) is 0 Å². The molecule has 1 N–H and O–H groups in total. The molecule has 0 radical (unpaired) electrons. The van der Waals surface area contributed by atoms with Gasteiger partial charge in [0.05, 0.1) is 10.6 Å². The number of rotatable bonds is 11. The number of aryl methyl sites for hydroxylation is 1. The minimum Gasteiger partial charge on any atom is -0.350 e. The van der Waals surface area contributed by atoms with Crippen LogP contribution in [-0.4, -0.2) is 43.3 Å². The highest BCUT2D eigenvalue weighted by Gasteiger charge is 2.36. The molecule has 4 aromatic rings. The number of carbonyl (C=O) groups excluding carboxylic acids is 2. The quantitative estimate of drug-likeness (QED) is 0.228. The van der Waals surface area contributed by atoms with E-state index in [1.54, 1.807) is 60.7 Å². The molecule has 44 heavy (non-hydrogen) atoms. The van der Waals surface area contributed by atoms with Gasteiger partial charge in [-0.1, -0.05) is 84.4 Å². The molecule has 0 bridgehead atoms. The Morgan fingerprint density at radius 3 is 1.98 bits per heavy atom. The van der Waals surface area contributed by atoms with Crippen molar-refractivity contribution >= 4 is 27.5 Å². The summed E-state index contributed by atoms with van der Waals surface area (Å²) >= 11 is 0. The number of benzene rings is 4. The normalized spacial score (nSPS) is 12.3. The Bertz CT molecular complexity index is 1670. The predicted octanol–water partition coefficient (Wildman–Crippen LogP) is 5.88. The van der Waals surface area contributed by atoms with Crippen LogP contribution in [0.1, 0.15) is 37.5 Å². The largest absolute Gasteiger partial charge is 0.350 e. The summed E-state index contributed by atoms with van der Waals surface area (Å²) in [5.41, 5.74) is 1.54. The molecule has 1 unspecified atom stereocenters. The summed E-state index contributed by atoms with van der Waals surface area (Å²) in [4.78, 5) is 29.6. The zero-order valence-corrected chi connectivity index (χ0v) is 26.2. The molecule has 0 aliphatic rings. The molecule has 0 fully saturated rings. The summed E-state index contributed by atoms with van der Waals surface area (Å²) in [6, 6.07) is 28.9. The second-order valence-electron chi connectivity index (χ2n) is 11.7. The van der Waals surface area contributed by atoms with Crippen LogP contribution in [0.2, 0.25) is 0 Å². The average molecular weight is 616 g/mol. The zero-order valence-electron chi connectivity index (χ0n) is 25.4. The third kappa shape index (κ3) is 8.32. The Labute approximate surface area is 259 Å². The molecule has 2 amide bonds. The standard InChI is InChI=1S/C35H38FN3O4S/c1-26-19-21-30(22-20-26)44(42,43)39(29-16-9-6-10-17-29)25-33(40)38(24-28-15-11-12-18-31(28)36)32(34(41)37-35(2,3)4)23-27-13-7-5-8-14-27/h5-22,32H,23-25H2,1-4H3,(H,37,41). The predicted molar refractivity (Wildman–Crippen MR) is 171 cm³/mol. The van der Waals surface area contributed by atoms with Crippen LogP contribution in [0.3, 0.4) is 0 Å². The van der Waals surface area contributed by atoms with Gasteiger partial charge in [-0.25, -0.2) is 12.8 Å². The topological polar surface area (TPSA) is 86.8 Å². The van der Waals surface area contributed by atoms with Crippen LogP contribution in [0.25, 0.3) is 0 Å². The number of para-hydroxylation sites is 1. The molecule has 0 saturated heterocycles. The Balaban J connectivity index is 1.81. The minimum absolute atomic E-state index is 0.0201. The van der Waals surface area contributed by atoms with Crippen molar-refractivity contribution in [2.45, 2.75) is 57.1 Å². The smallest absolute Gasteiger partial charge is 0.264 e. The fourth-order valence-corrected chi connectivity index (χ4v) is 6.19. The molecular weight excluding hydrogens is 577 g/mol.